The van der Waals surface area contributed by atoms with Gasteiger partial charge in [0, 0.05) is 23.4 Å². The molecule has 0 unspecified atom stereocenters. The fourth-order valence-corrected chi connectivity index (χ4v) is 4.47. The van der Waals surface area contributed by atoms with Crippen molar-refractivity contribution in [3.63, 3.8) is 0 Å². The number of carboxylic acid groups (broad SMARTS) is 1. The third kappa shape index (κ3) is 2.43. The standard InChI is InChI=1S/C18H16N2O3S/c21-14(22)6-3-9-20-10-19-17-16(18(20)23)15-12-5-2-1-4-11(12)7-8-13(15)24-17/h1-2,4-5,10H,3,6-9H2,(H,21,22). The number of rotatable bonds is 4. The van der Waals surface area contributed by atoms with Crippen molar-refractivity contribution in [2.45, 2.75) is 32.2 Å². The number of aliphatic carboxylic acids is 1. The molecular weight excluding hydrogens is 324 g/mol. The zero-order valence-corrected chi connectivity index (χ0v) is 13.8. The number of hydrogen-bond acceptors (Lipinski definition) is 4. The van der Waals surface area contributed by atoms with E-state index in [0.717, 1.165) is 28.8 Å². The quantitative estimate of drug-likeness (QED) is 0.792. The minimum absolute atomic E-state index is 0.0506. The minimum Gasteiger partial charge on any atom is -0.481 e. The molecule has 3 aromatic rings. The van der Waals surface area contributed by atoms with Crippen LogP contribution in [0.25, 0.3) is 21.3 Å². The van der Waals surface area contributed by atoms with Gasteiger partial charge in [0.2, 0.25) is 0 Å². The van der Waals surface area contributed by atoms with Crippen molar-refractivity contribution in [1.29, 1.82) is 0 Å². The van der Waals surface area contributed by atoms with Crippen LogP contribution in [0.1, 0.15) is 23.3 Å². The Morgan fingerprint density at radius 2 is 2.12 bits per heavy atom. The second-order valence-corrected chi connectivity index (χ2v) is 7.06. The van der Waals surface area contributed by atoms with Crippen LogP contribution in [0.2, 0.25) is 0 Å². The summed E-state index contributed by atoms with van der Waals surface area (Å²) < 4.78 is 1.54. The molecule has 5 nitrogen and oxygen atoms in total. The van der Waals surface area contributed by atoms with Crippen LogP contribution in [0.15, 0.2) is 35.4 Å². The number of aryl methyl sites for hydroxylation is 3. The van der Waals surface area contributed by atoms with E-state index >= 15 is 0 Å². The fourth-order valence-electron chi connectivity index (χ4n) is 3.32. The first-order valence-electron chi connectivity index (χ1n) is 7.96. The molecule has 0 saturated carbocycles. The van der Waals surface area contributed by atoms with Crippen LogP contribution in [-0.4, -0.2) is 20.6 Å². The Morgan fingerprint density at radius 1 is 1.29 bits per heavy atom. The van der Waals surface area contributed by atoms with Crippen molar-refractivity contribution in [3.05, 3.63) is 51.4 Å². The lowest BCUT2D eigenvalue weighted by molar-refractivity contribution is -0.137. The van der Waals surface area contributed by atoms with Crippen LogP contribution < -0.4 is 5.56 Å². The van der Waals surface area contributed by atoms with E-state index in [-0.39, 0.29) is 12.0 Å². The molecule has 0 atom stereocenters. The Labute approximate surface area is 142 Å². The van der Waals surface area contributed by atoms with Gasteiger partial charge in [-0.15, -0.1) is 11.3 Å². The Balaban J connectivity index is 1.85. The predicted octanol–water partition coefficient (Wildman–Crippen LogP) is 3.09. The summed E-state index contributed by atoms with van der Waals surface area (Å²) in [6, 6.07) is 8.21. The van der Waals surface area contributed by atoms with E-state index in [0.29, 0.717) is 18.4 Å². The molecule has 2 aromatic heterocycles. The highest BCUT2D eigenvalue weighted by Crippen LogP contribution is 2.41. The lowest BCUT2D eigenvalue weighted by atomic mass is 9.89. The second-order valence-electron chi connectivity index (χ2n) is 5.98. The van der Waals surface area contributed by atoms with Crippen LogP contribution in [0.4, 0.5) is 0 Å². The van der Waals surface area contributed by atoms with E-state index in [4.69, 9.17) is 5.11 Å². The molecule has 0 radical (unpaired) electrons. The zero-order valence-electron chi connectivity index (χ0n) is 13.0. The largest absolute Gasteiger partial charge is 0.481 e. The molecule has 0 aliphatic heterocycles. The van der Waals surface area contributed by atoms with Crippen LogP contribution in [0, 0.1) is 0 Å². The first-order chi connectivity index (χ1) is 11.6. The van der Waals surface area contributed by atoms with Crippen molar-refractivity contribution in [1.82, 2.24) is 9.55 Å². The van der Waals surface area contributed by atoms with Crippen molar-refractivity contribution in [2.24, 2.45) is 0 Å². The zero-order chi connectivity index (χ0) is 16.7. The maximum absolute atomic E-state index is 12.9. The maximum Gasteiger partial charge on any atom is 0.303 e. The van der Waals surface area contributed by atoms with E-state index in [1.165, 1.54) is 15.0 Å². The molecule has 0 fully saturated rings. The van der Waals surface area contributed by atoms with Crippen molar-refractivity contribution >= 4 is 27.5 Å². The number of thiophene rings is 1. The molecule has 0 bridgehead atoms. The molecule has 6 heteroatoms. The van der Waals surface area contributed by atoms with Crippen LogP contribution in [-0.2, 0) is 24.2 Å². The third-order valence-electron chi connectivity index (χ3n) is 4.45. The number of benzene rings is 1. The molecule has 0 amide bonds. The third-order valence-corrected chi connectivity index (χ3v) is 5.61. The summed E-state index contributed by atoms with van der Waals surface area (Å²) in [5.41, 5.74) is 3.36. The van der Waals surface area contributed by atoms with Crippen LogP contribution in [0.5, 0.6) is 0 Å². The molecule has 1 aliphatic carbocycles. The van der Waals surface area contributed by atoms with E-state index in [9.17, 15) is 9.59 Å². The summed E-state index contributed by atoms with van der Waals surface area (Å²) in [5.74, 6) is -0.848. The molecular formula is C18H16N2O3S. The monoisotopic (exact) mass is 340 g/mol. The summed E-state index contributed by atoms with van der Waals surface area (Å²) in [7, 11) is 0. The number of aromatic nitrogens is 2. The number of hydrogen-bond donors (Lipinski definition) is 1. The smallest absolute Gasteiger partial charge is 0.303 e. The Bertz CT molecular complexity index is 1000. The number of carboxylic acids is 1. The number of fused-ring (bicyclic) bond motifs is 5. The summed E-state index contributed by atoms with van der Waals surface area (Å²) in [6.45, 7) is 0.375. The molecule has 0 spiro atoms. The van der Waals surface area contributed by atoms with Gasteiger partial charge in [0.15, 0.2) is 0 Å². The van der Waals surface area contributed by atoms with Gasteiger partial charge in [-0.3, -0.25) is 14.2 Å². The van der Waals surface area contributed by atoms with Gasteiger partial charge in [-0.1, -0.05) is 24.3 Å². The molecule has 1 N–H and O–H groups in total. The van der Waals surface area contributed by atoms with Gasteiger partial charge in [-0.2, -0.15) is 0 Å². The SMILES string of the molecule is O=C(O)CCCn1cnc2sc3c(c2c1=O)-c1ccccc1CC3. The van der Waals surface area contributed by atoms with Gasteiger partial charge >= 0.3 is 5.97 Å². The highest BCUT2D eigenvalue weighted by Gasteiger charge is 2.23. The van der Waals surface area contributed by atoms with E-state index in [1.54, 1.807) is 17.7 Å². The van der Waals surface area contributed by atoms with Gasteiger partial charge < -0.3 is 5.11 Å². The first-order valence-corrected chi connectivity index (χ1v) is 8.77. The first kappa shape index (κ1) is 15.1. The van der Waals surface area contributed by atoms with Gasteiger partial charge in [0.05, 0.1) is 11.7 Å². The number of nitrogens with zero attached hydrogens (tertiary/aromatic N) is 2. The molecule has 24 heavy (non-hydrogen) atoms. The molecule has 1 aliphatic rings. The molecule has 0 saturated heterocycles. The van der Waals surface area contributed by atoms with Gasteiger partial charge in [0.25, 0.3) is 5.56 Å². The van der Waals surface area contributed by atoms with E-state index in [2.05, 4.69) is 17.1 Å². The topological polar surface area (TPSA) is 72.2 Å². The summed E-state index contributed by atoms with van der Waals surface area (Å²) in [4.78, 5) is 30.0. The van der Waals surface area contributed by atoms with Gasteiger partial charge in [-0.05, 0) is 30.4 Å². The average molecular weight is 340 g/mol. The summed E-state index contributed by atoms with van der Waals surface area (Å²) in [5, 5.41) is 9.45. The number of carbonyl (C=O) groups is 1. The Kier molecular flexibility index (Phi) is 3.69. The van der Waals surface area contributed by atoms with Crippen molar-refractivity contribution in [3.8, 4) is 11.1 Å². The lowest BCUT2D eigenvalue weighted by Gasteiger charge is -2.16. The fraction of sp³-hybridized carbons (Fsp3) is 0.278. The van der Waals surface area contributed by atoms with Crippen LogP contribution >= 0.6 is 11.3 Å². The lowest BCUT2D eigenvalue weighted by Crippen LogP contribution is -2.21. The van der Waals surface area contributed by atoms with E-state index in [1.807, 2.05) is 12.1 Å². The van der Waals surface area contributed by atoms with E-state index < -0.39 is 5.97 Å². The van der Waals surface area contributed by atoms with Crippen molar-refractivity contribution in [2.75, 3.05) is 0 Å². The van der Waals surface area contributed by atoms with Gasteiger partial charge in [-0.25, -0.2) is 4.98 Å². The van der Waals surface area contributed by atoms with Gasteiger partial charge in [0.1, 0.15) is 4.83 Å². The molecule has 122 valence electrons. The minimum atomic E-state index is -0.848. The van der Waals surface area contributed by atoms with Crippen LogP contribution in [0.3, 0.4) is 0 Å². The maximum atomic E-state index is 12.9. The Hall–Kier alpha value is -2.47. The highest BCUT2D eigenvalue weighted by molar-refractivity contribution is 7.19. The Morgan fingerprint density at radius 3 is 2.96 bits per heavy atom. The summed E-state index contributed by atoms with van der Waals surface area (Å²) in [6.07, 6.45) is 3.94. The highest BCUT2D eigenvalue weighted by atomic mass is 32.1. The second kappa shape index (κ2) is 5.87. The molecule has 4 rings (SSSR count). The van der Waals surface area contributed by atoms with Crippen molar-refractivity contribution < 1.29 is 9.90 Å². The molecule has 2 heterocycles. The molecule has 1 aromatic carbocycles. The predicted molar refractivity (Wildman–Crippen MR) is 93.6 cm³/mol. The summed E-state index contributed by atoms with van der Waals surface area (Å²) >= 11 is 1.60. The average Bonchev–Trinajstić information content (AvgIpc) is 2.96. The normalized spacial score (nSPS) is 12.8.